The molecule has 3 aromatic rings. The second kappa shape index (κ2) is 5.38. The van der Waals surface area contributed by atoms with Gasteiger partial charge in [-0.05, 0) is 31.6 Å². The Morgan fingerprint density at radius 2 is 2.23 bits per heavy atom. The highest BCUT2D eigenvalue weighted by Gasteiger charge is 2.13. The molecule has 0 fully saturated rings. The fraction of sp³-hybridized carbons (Fsp3) is 0.188. The van der Waals surface area contributed by atoms with Crippen LogP contribution in [0.25, 0.3) is 15.8 Å². The van der Waals surface area contributed by atoms with Gasteiger partial charge >= 0.3 is 5.97 Å². The first-order chi connectivity index (χ1) is 10.5. The lowest BCUT2D eigenvalue weighted by Crippen LogP contribution is -2.06. The third-order valence-electron chi connectivity index (χ3n) is 3.39. The van der Waals surface area contributed by atoms with Gasteiger partial charge in [0, 0.05) is 11.3 Å². The fourth-order valence-corrected chi connectivity index (χ4v) is 3.19. The maximum Gasteiger partial charge on any atom is 0.356 e. The molecule has 0 radical (unpaired) electrons. The van der Waals surface area contributed by atoms with E-state index in [0.717, 1.165) is 32.1 Å². The number of allylic oxidation sites excluding steroid dienone is 1. The summed E-state index contributed by atoms with van der Waals surface area (Å²) in [4.78, 5) is 15.7. The minimum Gasteiger partial charge on any atom is -0.476 e. The Hall–Kier alpha value is -2.47. The Labute approximate surface area is 131 Å². The molecule has 1 aromatic carbocycles. The number of aromatic nitrogens is 3. The molecule has 2 heterocycles. The van der Waals surface area contributed by atoms with E-state index in [0.29, 0.717) is 6.54 Å². The van der Waals surface area contributed by atoms with E-state index in [-0.39, 0.29) is 5.69 Å². The number of carboxylic acids is 1. The molecular formula is C16H15N3O2S. The number of benzene rings is 1. The molecule has 0 aliphatic heterocycles. The van der Waals surface area contributed by atoms with Gasteiger partial charge in [-0.3, -0.25) is 4.68 Å². The van der Waals surface area contributed by atoms with Crippen LogP contribution < -0.4 is 0 Å². The second-order valence-electron chi connectivity index (χ2n) is 5.20. The molecule has 0 amide bonds. The predicted octanol–water partition coefficient (Wildman–Crippen LogP) is 3.58. The van der Waals surface area contributed by atoms with Gasteiger partial charge in [0.05, 0.1) is 16.8 Å². The molecule has 0 aliphatic carbocycles. The molecular weight excluding hydrogens is 298 g/mol. The molecule has 22 heavy (non-hydrogen) atoms. The number of hydrogen-bond donors (Lipinski definition) is 1. The Balaban J connectivity index is 2.03. The van der Waals surface area contributed by atoms with Crippen molar-refractivity contribution in [2.45, 2.75) is 20.4 Å². The summed E-state index contributed by atoms with van der Waals surface area (Å²) in [5, 5.41) is 14.1. The van der Waals surface area contributed by atoms with E-state index >= 15 is 0 Å². The van der Waals surface area contributed by atoms with E-state index in [1.807, 2.05) is 32.0 Å². The number of hydrogen-bond acceptors (Lipinski definition) is 4. The Kier molecular flexibility index (Phi) is 3.54. The first-order valence-corrected chi connectivity index (χ1v) is 7.59. The fourth-order valence-electron chi connectivity index (χ4n) is 2.25. The number of carbonyl (C=O) groups is 1. The van der Waals surface area contributed by atoms with Crippen molar-refractivity contribution >= 4 is 33.1 Å². The van der Waals surface area contributed by atoms with Crippen molar-refractivity contribution in [3.05, 3.63) is 52.8 Å². The first-order valence-electron chi connectivity index (χ1n) is 6.78. The number of para-hydroxylation sites is 1. The third-order valence-corrected chi connectivity index (χ3v) is 4.57. The van der Waals surface area contributed by atoms with Crippen LogP contribution in [-0.2, 0) is 6.54 Å². The van der Waals surface area contributed by atoms with Crippen LogP contribution in [0.4, 0.5) is 0 Å². The molecule has 1 N–H and O–H groups in total. The molecule has 0 atom stereocenters. The molecule has 5 nitrogen and oxygen atoms in total. The summed E-state index contributed by atoms with van der Waals surface area (Å²) in [6.07, 6.45) is 0. The Morgan fingerprint density at radius 3 is 2.86 bits per heavy atom. The van der Waals surface area contributed by atoms with Crippen molar-refractivity contribution < 1.29 is 9.90 Å². The summed E-state index contributed by atoms with van der Waals surface area (Å²) in [5.74, 6) is -1.02. The molecule has 0 saturated heterocycles. The van der Waals surface area contributed by atoms with Crippen LogP contribution in [-0.4, -0.2) is 25.8 Å². The van der Waals surface area contributed by atoms with Gasteiger partial charge in [0.15, 0.2) is 5.69 Å². The number of rotatable bonds is 4. The zero-order valence-corrected chi connectivity index (χ0v) is 13.1. The van der Waals surface area contributed by atoms with Crippen LogP contribution in [0.5, 0.6) is 0 Å². The monoisotopic (exact) mass is 313 g/mol. The van der Waals surface area contributed by atoms with Gasteiger partial charge in [-0.2, -0.15) is 5.10 Å². The summed E-state index contributed by atoms with van der Waals surface area (Å²) in [5.41, 5.74) is 3.76. The summed E-state index contributed by atoms with van der Waals surface area (Å²) >= 11 is 1.61. The smallest absolute Gasteiger partial charge is 0.356 e. The lowest BCUT2D eigenvalue weighted by molar-refractivity contribution is 0.0689. The molecule has 112 valence electrons. The van der Waals surface area contributed by atoms with Gasteiger partial charge in [-0.25, -0.2) is 9.78 Å². The Bertz CT molecular complexity index is 892. The highest BCUT2D eigenvalue weighted by atomic mass is 32.1. The molecule has 6 heteroatoms. The molecule has 0 aliphatic rings. The van der Waals surface area contributed by atoms with E-state index in [4.69, 9.17) is 5.11 Å². The SMILES string of the molecule is C=C(C)c1nc2c(Cn3nc(C(=O)O)cc3C)cccc2s1. The van der Waals surface area contributed by atoms with Crippen LogP contribution in [0, 0.1) is 6.92 Å². The second-order valence-corrected chi connectivity index (χ2v) is 6.23. The molecule has 3 rings (SSSR count). The highest BCUT2D eigenvalue weighted by molar-refractivity contribution is 7.19. The summed E-state index contributed by atoms with van der Waals surface area (Å²) in [6, 6.07) is 7.57. The topological polar surface area (TPSA) is 68.0 Å². The van der Waals surface area contributed by atoms with Gasteiger partial charge in [-0.1, -0.05) is 18.7 Å². The normalized spacial score (nSPS) is 11.0. The van der Waals surface area contributed by atoms with Gasteiger partial charge in [0.1, 0.15) is 5.01 Å². The first kappa shape index (κ1) is 14.5. The van der Waals surface area contributed by atoms with Gasteiger partial charge in [0.25, 0.3) is 0 Å². The van der Waals surface area contributed by atoms with Crippen molar-refractivity contribution in [3.63, 3.8) is 0 Å². The zero-order chi connectivity index (χ0) is 15.9. The van der Waals surface area contributed by atoms with Crippen molar-refractivity contribution in [1.82, 2.24) is 14.8 Å². The van der Waals surface area contributed by atoms with Crippen molar-refractivity contribution in [1.29, 1.82) is 0 Å². The minimum atomic E-state index is -1.02. The highest BCUT2D eigenvalue weighted by Crippen LogP contribution is 2.28. The number of aryl methyl sites for hydroxylation is 1. The number of thiazole rings is 1. The summed E-state index contributed by atoms with van der Waals surface area (Å²) in [7, 11) is 0. The van der Waals surface area contributed by atoms with Crippen LogP contribution in [0.1, 0.15) is 33.7 Å². The van der Waals surface area contributed by atoms with Crippen LogP contribution in [0.15, 0.2) is 30.8 Å². The van der Waals surface area contributed by atoms with E-state index in [9.17, 15) is 4.79 Å². The average Bonchev–Trinajstić information content (AvgIpc) is 3.04. The van der Waals surface area contributed by atoms with E-state index in [1.54, 1.807) is 22.1 Å². The zero-order valence-electron chi connectivity index (χ0n) is 12.3. The van der Waals surface area contributed by atoms with Crippen LogP contribution in [0.2, 0.25) is 0 Å². The maximum absolute atomic E-state index is 11.0. The van der Waals surface area contributed by atoms with Crippen molar-refractivity contribution in [2.75, 3.05) is 0 Å². The molecule has 0 saturated carbocycles. The third kappa shape index (κ3) is 2.53. The number of carboxylic acid groups (broad SMARTS) is 1. The quantitative estimate of drug-likeness (QED) is 0.799. The largest absolute Gasteiger partial charge is 0.476 e. The van der Waals surface area contributed by atoms with Crippen molar-refractivity contribution in [2.24, 2.45) is 0 Å². The van der Waals surface area contributed by atoms with E-state index < -0.39 is 5.97 Å². The predicted molar refractivity (Wildman–Crippen MR) is 87.4 cm³/mol. The summed E-state index contributed by atoms with van der Waals surface area (Å²) in [6.45, 7) is 8.22. The standard InChI is InChI=1S/C16H15N3O2S/c1-9(2)15-17-14-11(5-4-6-13(14)22-15)8-19-10(3)7-12(18-19)16(20)21/h4-7H,1,8H2,2-3H3,(H,20,21). The maximum atomic E-state index is 11.0. The van der Waals surface area contributed by atoms with Gasteiger partial charge < -0.3 is 5.11 Å². The van der Waals surface area contributed by atoms with Crippen LogP contribution >= 0.6 is 11.3 Å². The van der Waals surface area contributed by atoms with Crippen molar-refractivity contribution in [3.8, 4) is 0 Å². The molecule has 0 unspecified atom stereocenters. The number of aromatic carboxylic acids is 1. The molecule has 2 aromatic heterocycles. The molecule has 0 spiro atoms. The van der Waals surface area contributed by atoms with Crippen LogP contribution in [0.3, 0.4) is 0 Å². The van der Waals surface area contributed by atoms with E-state index in [2.05, 4.69) is 16.7 Å². The van der Waals surface area contributed by atoms with Gasteiger partial charge in [-0.15, -0.1) is 11.3 Å². The average molecular weight is 313 g/mol. The summed E-state index contributed by atoms with van der Waals surface area (Å²) < 4.78 is 2.79. The minimum absolute atomic E-state index is 0.0607. The van der Waals surface area contributed by atoms with E-state index in [1.165, 1.54) is 0 Å². The molecule has 0 bridgehead atoms. The lowest BCUT2D eigenvalue weighted by Gasteiger charge is -2.05. The Morgan fingerprint density at radius 1 is 1.45 bits per heavy atom. The number of fused-ring (bicyclic) bond motifs is 1. The number of nitrogens with zero attached hydrogens (tertiary/aromatic N) is 3. The van der Waals surface area contributed by atoms with Gasteiger partial charge in [0.2, 0.25) is 0 Å². The lowest BCUT2D eigenvalue weighted by atomic mass is 10.2.